The summed E-state index contributed by atoms with van der Waals surface area (Å²) < 4.78 is 59.8. The molecule has 0 bridgehead atoms. The molecule has 6 rings (SSSR count). The van der Waals surface area contributed by atoms with Crippen LogP contribution in [0.3, 0.4) is 0 Å². The molecule has 114 heavy (non-hydrogen) atoms. The second kappa shape index (κ2) is 48.1. The van der Waals surface area contributed by atoms with Crippen LogP contribution in [-0.4, -0.2) is 218 Å². The molecule has 0 heterocycles. The van der Waals surface area contributed by atoms with Crippen molar-refractivity contribution in [3.8, 4) is 33.4 Å². The molecule has 606 valence electrons. The number of benzene rings is 6. The Hall–Kier alpha value is -12.8. The van der Waals surface area contributed by atoms with Crippen LogP contribution in [0.15, 0.2) is 219 Å². The minimum Gasteiger partial charge on any atom is -0.459 e. The second-order valence-corrected chi connectivity index (χ2v) is 25.1. The zero-order valence-corrected chi connectivity index (χ0v) is 63.5. The van der Waals surface area contributed by atoms with Crippen LogP contribution in [-0.2, 0) is 85.6 Å². The van der Waals surface area contributed by atoms with E-state index in [1.165, 1.54) is 77.9 Å². The molecular formula is C84H90O30. The van der Waals surface area contributed by atoms with Crippen molar-refractivity contribution in [2.24, 2.45) is 0 Å². The molecule has 0 aromatic heterocycles. The normalized spacial score (nSPS) is 12.0. The van der Waals surface area contributed by atoms with E-state index >= 15 is 0 Å². The molecule has 30 heteroatoms. The van der Waals surface area contributed by atoms with E-state index in [1.54, 1.807) is 109 Å². The van der Waals surface area contributed by atoms with Crippen molar-refractivity contribution >= 4 is 71.6 Å². The summed E-state index contributed by atoms with van der Waals surface area (Å²) >= 11 is 0. The first-order chi connectivity index (χ1) is 54.0. The number of ether oxygens (including phenoxy) is 12. The van der Waals surface area contributed by atoms with Gasteiger partial charge < -0.3 is 87.5 Å². The van der Waals surface area contributed by atoms with Gasteiger partial charge in [-0.25, -0.2) is 57.5 Å². The fourth-order valence-corrected chi connectivity index (χ4v) is 8.49. The fourth-order valence-electron chi connectivity index (χ4n) is 8.49. The van der Waals surface area contributed by atoms with Gasteiger partial charge in [0.25, 0.3) is 0 Å². The number of hydrogen-bond donors (Lipinski definition) is 6. The molecule has 0 aliphatic rings. The lowest BCUT2D eigenvalue weighted by Crippen LogP contribution is -2.28. The van der Waals surface area contributed by atoms with Crippen LogP contribution in [0.4, 0.5) is 0 Å². The minimum absolute atomic E-state index is 0.185. The summed E-state index contributed by atoms with van der Waals surface area (Å²) in [7, 11) is 0. The largest absolute Gasteiger partial charge is 0.459 e. The van der Waals surface area contributed by atoms with Gasteiger partial charge in [0.15, 0.2) is 18.3 Å². The van der Waals surface area contributed by atoms with Crippen molar-refractivity contribution in [3.63, 3.8) is 0 Å². The van der Waals surface area contributed by atoms with Gasteiger partial charge in [-0.15, -0.1) is 0 Å². The standard InChI is InChI=1S/3C28H30O10/c1-17(2)25(31)35-14-23(30)15-36-27(33)21-9-5-19(6-10-21)20-7-11-22(12-8-20)28(34)38-24(13-29)16-37-26(32)18(3)4;1-17(2)25(31)35-13-23(29)15-37-27(33)21-9-5-19(6-10-21)20-7-11-22(12-8-20)28(34)38-16-24(30)14-36-26(32)18(3)4;1-17(2)25(31)35-15-23(13-29)37-27(33)21-9-5-19(6-10-21)20-7-11-22(12-8-20)28(34)38-24(14-30)16-36-26(32)18(3)4/h3*5-12,23-24,29-30H,1,3,13-16H2,2,4H3. The Morgan fingerprint density at radius 2 is 0.377 bits per heavy atom. The number of hydrogen-bond acceptors (Lipinski definition) is 30. The van der Waals surface area contributed by atoms with Crippen LogP contribution in [0.1, 0.15) is 104 Å². The Kier molecular flexibility index (Phi) is 39.4. The Labute approximate surface area is 656 Å². The number of esters is 12. The average molecular weight is 1580 g/mol. The summed E-state index contributed by atoms with van der Waals surface area (Å²) in [6.45, 7) is 25.0. The zero-order valence-electron chi connectivity index (χ0n) is 63.5. The molecule has 0 aliphatic heterocycles. The molecule has 0 spiro atoms. The van der Waals surface area contributed by atoms with Gasteiger partial charge in [0, 0.05) is 33.4 Å². The summed E-state index contributed by atoms with van der Waals surface area (Å²) in [6.07, 6.45) is -6.60. The van der Waals surface area contributed by atoms with E-state index in [0.29, 0.717) is 0 Å². The highest BCUT2D eigenvalue weighted by molar-refractivity contribution is 5.95. The molecule has 0 aliphatic carbocycles. The number of aliphatic hydroxyl groups is 6. The number of rotatable bonds is 39. The fraction of sp³-hybridized carbons (Fsp3) is 0.286. The van der Waals surface area contributed by atoms with E-state index in [0.717, 1.165) is 33.4 Å². The molecule has 6 aromatic carbocycles. The van der Waals surface area contributed by atoms with Gasteiger partial charge >= 0.3 is 71.6 Å². The highest BCUT2D eigenvalue weighted by atomic mass is 16.6. The zero-order chi connectivity index (χ0) is 84.7. The maximum Gasteiger partial charge on any atom is 0.338 e. The SMILES string of the molecule is C=C(C)C(=O)OCC(CO)OC(=O)c1ccc(-c2ccc(C(=O)OC(CO)COC(=O)C(=C)C)cc2)cc1.C=C(C)C(=O)OCC(O)COC(=O)c1ccc(-c2ccc(C(=O)OC(CO)COC(=O)C(=C)C)cc2)cc1.C=C(C)C(=O)OCC(O)COC(=O)c1ccc(-c2ccc(C(=O)OCC(O)COC(=O)C(=C)C)cc2)cc1. The van der Waals surface area contributed by atoms with Crippen LogP contribution >= 0.6 is 0 Å². The van der Waals surface area contributed by atoms with Crippen LogP contribution < -0.4 is 0 Å². The molecule has 0 amide bonds. The smallest absolute Gasteiger partial charge is 0.338 e. The summed E-state index contributed by atoms with van der Waals surface area (Å²) in [5.74, 6) is -7.96. The maximum atomic E-state index is 12.4. The third-order valence-electron chi connectivity index (χ3n) is 14.9. The van der Waals surface area contributed by atoms with Gasteiger partial charge in [-0.1, -0.05) is 112 Å². The van der Waals surface area contributed by atoms with Crippen molar-refractivity contribution in [2.75, 3.05) is 79.3 Å². The first-order valence-electron chi connectivity index (χ1n) is 34.6. The van der Waals surface area contributed by atoms with Gasteiger partial charge in [0.05, 0.1) is 53.2 Å². The molecule has 0 radical (unpaired) electrons. The lowest BCUT2D eigenvalue weighted by atomic mass is 10.0. The summed E-state index contributed by atoms with van der Waals surface area (Å²) in [5, 5.41) is 57.6. The van der Waals surface area contributed by atoms with Crippen LogP contribution in [0, 0.1) is 0 Å². The quantitative estimate of drug-likeness (QED) is 0.0121. The van der Waals surface area contributed by atoms with E-state index in [4.69, 9.17) is 56.8 Å². The highest BCUT2D eigenvalue weighted by Crippen LogP contribution is 2.25. The monoisotopic (exact) mass is 1580 g/mol. The summed E-state index contributed by atoms with van der Waals surface area (Å²) in [4.78, 5) is 142. The van der Waals surface area contributed by atoms with Gasteiger partial charge in [-0.05, 0) is 148 Å². The highest BCUT2D eigenvalue weighted by Gasteiger charge is 2.24. The maximum absolute atomic E-state index is 12.4. The van der Waals surface area contributed by atoms with Gasteiger partial charge in [-0.2, -0.15) is 0 Å². The third-order valence-corrected chi connectivity index (χ3v) is 14.9. The van der Waals surface area contributed by atoms with Crippen molar-refractivity contribution in [2.45, 2.75) is 78.2 Å². The predicted octanol–water partition coefficient (Wildman–Crippen LogP) is 7.88. The van der Waals surface area contributed by atoms with Crippen LogP contribution in [0.2, 0.25) is 0 Å². The van der Waals surface area contributed by atoms with Crippen molar-refractivity contribution in [1.29, 1.82) is 0 Å². The molecule has 6 N–H and O–H groups in total. The molecule has 0 fully saturated rings. The van der Waals surface area contributed by atoms with Crippen LogP contribution in [0.25, 0.3) is 33.4 Å². The lowest BCUT2D eigenvalue weighted by molar-refractivity contribution is -0.143. The third kappa shape index (κ3) is 33.0. The van der Waals surface area contributed by atoms with E-state index in [2.05, 4.69) is 39.5 Å². The molecule has 30 nitrogen and oxygen atoms in total. The molecule has 0 saturated heterocycles. The molecule has 6 atom stereocenters. The Bertz CT molecular complexity index is 4200. The first kappa shape index (κ1) is 93.5. The lowest BCUT2D eigenvalue weighted by Gasteiger charge is -2.16. The van der Waals surface area contributed by atoms with Crippen molar-refractivity contribution < 1.29 is 145 Å². The topological polar surface area (TPSA) is 437 Å². The number of aliphatic hydroxyl groups excluding tert-OH is 6. The van der Waals surface area contributed by atoms with Gasteiger partial charge in [0.2, 0.25) is 0 Å². The molecular weight excluding hydrogens is 1490 g/mol. The van der Waals surface area contributed by atoms with Crippen molar-refractivity contribution in [1.82, 2.24) is 0 Å². The summed E-state index contributed by atoms with van der Waals surface area (Å²) in [6, 6.07) is 38.7. The van der Waals surface area contributed by atoms with Crippen molar-refractivity contribution in [3.05, 3.63) is 252 Å². The average Bonchev–Trinajstić information content (AvgIpc) is 0.848. The Balaban J connectivity index is 0.000000360. The number of carbonyl (C=O) groups excluding carboxylic acids is 12. The van der Waals surface area contributed by atoms with E-state index in [-0.39, 0.29) is 126 Å². The molecule has 6 aromatic rings. The van der Waals surface area contributed by atoms with Gasteiger partial charge in [-0.3, -0.25) is 0 Å². The van der Waals surface area contributed by atoms with E-state index < -0.39 is 128 Å². The van der Waals surface area contributed by atoms with E-state index in [9.17, 15) is 88.2 Å². The first-order valence-corrected chi connectivity index (χ1v) is 34.6. The van der Waals surface area contributed by atoms with Crippen LogP contribution in [0.5, 0.6) is 0 Å². The van der Waals surface area contributed by atoms with Gasteiger partial charge in [0.1, 0.15) is 77.8 Å². The second-order valence-electron chi connectivity index (χ2n) is 25.1. The minimum atomic E-state index is -1.18. The predicted molar refractivity (Wildman–Crippen MR) is 408 cm³/mol. The Morgan fingerprint density at radius 3 is 0.526 bits per heavy atom. The Morgan fingerprint density at radius 1 is 0.237 bits per heavy atom. The molecule has 6 unspecified atom stereocenters. The number of carbonyl (C=O) groups is 12. The summed E-state index contributed by atoms with van der Waals surface area (Å²) in [5.41, 5.74) is 7.11. The molecule has 0 saturated carbocycles. The van der Waals surface area contributed by atoms with E-state index in [1.807, 2.05) is 0 Å².